The summed E-state index contributed by atoms with van der Waals surface area (Å²) < 4.78 is 3.72. The number of nitrogens with zero attached hydrogens (tertiary/aromatic N) is 6. The standard InChI is InChI=1S/C21H26ClN7/c1-23-21(28-8-7-16(14-28)9-17-11-25-27(2)13-17)24-10-18-12-26-29(15-18)20-5-3-19(22)4-6-20/h3-6,11-13,15-16H,7-10,14H2,1-2H3,(H,23,24). The lowest BCUT2D eigenvalue weighted by molar-refractivity contribution is 0.459. The van der Waals surface area contributed by atoms with E-state index < -0.39 is 0 Å². The van der Waals surface area contributed by atoms with E-state index in [0.717, 1.165) is 41.7 Å². The van der Waals surface area contributed by atoms with E-state index in [1.165, 1.54) is 12.0 Å². The predicted molar refractivity (Wildman–Crippen MR) is 115 cm³/mol. The van der Waals surface area contributed by atoms with Crippen molar-refractivity contribution in [3.05, 3.63) is 65.2 Å². The lowest BCUT2D eigenvalue weighted by Crippen LogP contribution is -2.39. The van der Waals surface area contributed by atoms with Crippen molar-refractivity contribution < 1.29 is 0 Å². The Morgan fingerprint density at radius 3 is 2.69 bits per heavy atom. The van der Waals surface area contributed by atoms with E-state index in [1.807, 2.05) is 66.3 Å². The van der Waals surface area contributed by atoms with Crippen LogP contribution in [0.4, 0.5) is 0 Å². The van der Waals surface area contributed by atoms with E-state index in [1.54, 1.807) is 0 Å². The van der Waals surface area contributed by atoms with Crippen LogP contribution < -0.4 is 5.32 Å². The predicted octanol–water partition coefficient (Wildman–Crippen LogP) is 2.90. The largest absolute Gasteiger partial charge is 0.352 e. The van der Waals surface area contributed by atoms with Crippen molar-refractivity contribution in [3.8, 4) is 5.69 Å². The van der Waals surface area contributed by atoms with Crippen molar-refractivity contribution in [1.29, 1.82) is 0 Å². The zero-order valence-electron chi connectivity index (χ0n) is 16.8. The molecule has 7 nitrogen and oxygen atoms in total. The SMILES string of the molecule is CN=C(NCc1cnn(-c2ccc(Cl)cc2)c1)N1CCC(Cc2cnn(C)c2)C1. The third-order valence-corrected chi connectivity index (χ3v) is 5.51. The molecule has 1 unspecified atom stereocenters. The summed E-state index contributed by atoms with van der Waals surface area (Å²) in [6.07, 6.45) is 10.2. The molecule has 1 atom stereocenters. The lowest BCUT2D eigenvalue weighted by Gasteiger charge is -2.21. The number of hydrogen-bond donors (Lipinski definition) is 1. The first-order valence-corrected chi connectivity index (χ1v) is 10.2. The van der Waals surface area contributed by atoms with Gasteiger partial charge in [-0.2, -0.15) is 10.2 Å². The van der Waals surface area contributed by atoms with Gasteiger partial charge >= 0.3 is 0 Å². The topological polar surface area (TPSA) is 63.3 Å². The van der Waals surface area contributed by atoms with Gasteiger partial charge in [0.05, 0.1) is 18.1 Å². The summed E-state index contributed by atoms with van der Waals surface area (Å²) in [7, 11) is 3.80. The van der Waals surface area contributed by atoms with Crippen molar-refractivity contribution >= 4 is 17.6 Å². The quantitative estimate of drug-likeness (QED) is 0.518. The van der Waals surface area contributed by atoms with Gasteiger partial charge in [0.1, 0.15) is 0 Å². The Morgan fingerprint density at radius 1 is 1.17 bits per heavy atom. The Balaban J connectivity index is 1.31. The lowest BCUT2D eigenvalue weighted by atomic mass is 10.0. The van der Waals surface area contributed by atoms with Crippen LogP contribution in [0.1, 0.15) is 17.5 Å². The van der Waals surface area contributed by atoms with Crippen molar-refractivity contribution in [1.82, 2.24) is 29.8 Å². The second-order valence-corrected chi connectivity index (χ2v) is 7.93. The fourth-order valence-electron chi connectivity index (χ4n) is 3.80. The average molecular weight is 412 g/mol. The van der Waals surface area contributed by atoms with Crippen LogP contribution in [-0.4, -0.2) is 50.6 Å². The molecule has 1 aliphatic rings. The number of guanidine groups is 1. The van der Waals surface area contributed by atoms with Crippen molar-refractivity contribution in [2.24, 2.45) is 18.0 Å². The zero-order chi connectivity index (χ0) is 20.2. The monoisotopic (exact) mass is 411 g/mol. The first-order chi connectivity index (χ1) is 14.1. The van der Waals surface area contributed by atoms with Crippen LogP contribution >= 0.6 is 11.6 Å². The maximum Gasteiger partial charge on any atom is 0.193 e. The van der Waals surface area contributed by atoms with Crippen molar-refractivity contribution in [2.75, 3.05) is 20.1 Å². The first-order valence-electron chi connectivity index (χ1n) is 9.83. The third kappa shape index (κ3) is 4.79. The summed E-state index contributed by atoms with van der Waals surface area (Å²) in [6.45, 7) is 2.72. The maximum absolute atomic E-state index is 5.96. The summed E-state index contributed by atoms with van der Waals surface area (Å²) in [5.74, 6) is 1.57. The van der Waals surface area contributed by atoms with Gasteiger partial charge in [0, 0.05) is 56.7 Å². The van der Waals surface area contributed by atoms with Crippen LogP contribution in [-0.2, 0) is 20.0 Å². The minimum atomic E-state index is 0.630. The van der Waals surface area contributed by atoms with Crippen LogP contribution in [0.5, 0.6) is 0 Å². The molecule has 8 heteroatoms. The minimum Gasteiger partial charge on any atom is -0.352 e. The molecule has 0 amide bonds. The minimum absolute atomic E-state index is 0.630. The van der Waals surface area contributed by atoms with Crippen molar-refractivity contribution in [2.45, 2.75) is 19.4 Å². The molecule has 0 saturated carbocycles. The highest BCUT2D eigenvalue weighted by molar-refractivity contribution is 6.30. The highest BCUT2D eigenvalue weighted by Crippen LogP contribution is 2.21. The molecule has 4 rings (SSSR count). The first kappa shape index (κ1) is 19.5. The van der Waals surface area contributed by atoms with Crippen LogP contribution in [0.25, 0.3) is 5.69 Å². The van der Waals surface area contributed by atoms with Gasteiger partial charge in [0.15, 0.2) is 5.96 Å². The van der Waals surface area contributed by atoms with Crippen LogP contribution in [0.3, 0.4) is 0 Å². The Morgan fingerprint density at radius 2 is 1.97 bits per heavy atom. The van der Waals surface area contributed by atoms with E-state index in [4.69, 9.17) is 11.6 Å². The molecule has 1 N–H and O–H groups in total. The summed E-state index contributed by atoms with van der Waals surface area (Å²) in [6, 6.07) is 7.65. The second kappa shape index (κ2) is 8.69. The highest BCUT2D eigenvalue weighted by atomic mass is 35.5. The highest BCUT2D eigenvalue weighted by Gasteiger charge is 2.25. The van der Waals surface area contributed by atoms with Gasteiger partial charge in [-0.25, -0.2) is 4.68 Å². The molecule has 1 fully saturated rings. The molecule has 0 spiro atoms. The molecule has 0 radical (unpaired) electrons. The number of hydrogen-bond acceptors (Lipinski definition) is 3. The Labute approximate surface area is 176 Å². The van der Waals surface area contributed by atoms with E-state index in [2.05, 4.69) is 31.6 Å². The van der Waals surface area contributed by atoms with Crippen LogP contribution in [0.15, 0.2) is 54.0 Å². The van der Waals surface area contributed by atoms with Gasteiger partial charge in [-0.3, -0.25) is 9.67 Å². The average Bonchev–Trinajstić information content (AvgIpc) is 3.46. The van der Waals surface area contributed by atoms with Crippen LogP contribution in [0, 0.1) is 5.92 Å². The maximum atomic E-state index is 5.96. The van der Waals surface area contributed by atoms with E-state index in [9.17, 15) is 0 Å². The second-order valence-electron chi connectivity index (χ2n) is 7.50. The third-order valence-electron chi connectivity index (χ3n) is 5.26. The molecule has 0 aliphatic carbocycles. The van der Waals surface area contributed by atoms with Gasteiger partial charge in [0.2, 0.25) is 0 Å². The molecule has 1 aromatic carbocycles. The number of aromatic nitrogens is 4. The van der Waals surface area contributed by atoms with Gasteiger partial charge in [-0.1, -0.05) is 11.6 Å². The fourth-order valence-corrected chi connectivity index (χ4v) is 3.93. The number of halogens is 1. The van der Waals surface area contributed by atoms with E-state index >= 15 is 0 Å². The molecule has 0 bridgehead atoms. The number of aryl methyl sites for hydroxylation is 1. The zero-order valence-corrected chi connectivity index (χ0v) is 17.5. The van der Waals surface area contributed by atoms with Gasteiger partial charge in [-0.05, 0) is 48.6 Å². The number of benzene rings is 1. The molecule has 1 aliphatic heterocycles. The molecule has 29 heavy (non-hydrogen) atoms. The van der Waals surface area contributed by atoms with Gasteiger partial charge in [0.25, 0.3) is 0 Å². The van der Waals surface area contributed by atoms with Gasteiger partial charge < -0.3 is 10.2 Å². The Kier molecular flexibility index (Phi) is 5.85. The molecular weight excluding hydrogens is 386 g/mol. The number of aliphatic imine (C=N–C) groups is 1. The summed E-state index contributed by atoms with van der Waals surface area (Å²) in [5, 5.41) is 12.9. The smallest absolute Gasteiger partial charge is 0.193 e. The van der Waals surface area contributed by atoms with E-state index in [-0.39, 0.29) is 0 Å². The molecule has 152 valence electrons. The normalized spacial score (nSPS) is 17.1. The summed E-state index contributed by atoms with van der Waals surface area (Å²) in [4.78, 5) is 6.82. The summed E-state index contributed by atoms with van der Waals surface area (Å²) >= 11 is 5.96. The molecule has 2 aromatic heterocycles. The number of nitrogens with one attached hydrogen (secondary N) is 1. The van der Waals surface area contributed by atoms with Crippen LogP contribution in [0.2, 0.25) is 5.02 Å². The fraction of sp³-hybridized carbons (Fsp3) is 0.381. The Hall–Kier alpha value is -2.80. The number of likely N-dealkylation sites (tertiary alicyclic amines) is 1. The molecule has 1 saturated heterocycles. The Bertz CT molecular complexity index is 973. The van der Waals surface area contributed by atoms with Gasteiger partial charge in [-0.15, -0.1) is 0 Å². The summed E-state index contributed by atoms with van der Waals surface area (Å²) in [5.41, 5.74) is 3.40. The molecule has 3 heterocycles. The van der Waals surface area contributed by atoms with E-state index in [0.29, 0.717) is 12.5 Å². The molecule has 3 aromatic rings. The van der Waals surface area contributed by atoms with Crippen molar-refractivity contribution in [3.63, 3.8) is 0 Å². The molecular formula is C21H26ClN7. The number of rotatable bonds is 5.